The van der Waals surface area contributed by atoms with Crippen molar-refractivity contribution < 1.29 is 9.47 Å². The zero-order valence-electron chi connectivity index (χ0n) is 9.44. The summed E-state index contributed by atoms with van der Waals surface area (Å²) in [5.74, 6) is 0. The van der Waals surface area contributed by atoms with Crippen molar-refractivity contribution in [3.63, 3.8) is 0 Å². The van der Waals surface area contributed by atoms with Crippen molar-refractivity contribution >= 4 is 22.5 Å². The Balaban J connectivity index is 2.14. The molecule has 0 atom stereocenters. The smallest absolute Gasteiger partial charge is 0.187 e. The van der Waals surface area contributed by atoms with E-state index in [4.69, 9.17) is 21.1 Å². The number of rotatable bonds is 1. The first-order valence-electron chi connectivity index (χ1n) is 5.54. The molecule has 2 aromatic rings. The van der Waals surface area contributed by atoms with E-state index in [9.17, 15) is 0 Å². The van der Waals surface area contributed by atoms with Crippen LogP contribution >= 0.6 is 11.6 Å². The lowest BCUT2D eigenvalue weighted by molar-refractivity contribution is -0.0441. The third-order valence-electron chi connectivity index (χ3n) is 2.83. The topological polar surface area (TPSA) is 31.4 Å². The highest BCUT2D eigenvalue weighted by molar-refractivity contribution is 6.30. The molecule has 1 aliphatic rings. The maximum atomic E-state index is 6.15. The summed E-state index contributed by atoms with van der Waals surface area (Å²) >= 11 is 6.15. The van der Waals surface area contributed by atoms with Gasteiger partial charge in [0.2, 0.25) is 0 Å². The van der Waals surface area contributed by atoms with Gasteiger partial charge in [0.05, 0.1) is 18.7 Å². The van der Waals surface area contributed by atoms with Crippen LogP contribution in [-0.2, 0) is 9.47 Å². The number of benzene rings is 1. The summed E-state index contributed by atoms with van der Waals surface area (Å²) in [5.41, 5.74) is 2.89. The molecule has 0 bridgehead atoms. The number of halogens is 1. The van der Waals surface area contributed by atoms with E-state index in [1.165, 1.54) is 5.56 Å². The SMILES string of the molecule is Cc1ccc2nc(Cl)c(C3OCCO3)cc2c1. The first-order valence-corrected chi connectivity index (χ1v) is 5.92. The van der Waals surface area contributed by atoms with Crippen LogP contribution < -0.4 is 0 Å². The summed E-state index contributed by atoms with van der Waals surface area (Å²) in [4.78, 5) is 4.37. The lowest BCUT2D eigenvalue weighted by atomic mass is 10.1. The number of hydrogen-bond donors (Lipinski definition) is 0. The van der Waals surface area contributed by atoms with Gasteiger partial charge in [-0.3, -0.25) is 0 Å². The van der Waals surface area contributed by atoms with E-state index in [2.05, 4.69) is 18.0 Å². The van der Waals surface area contributed by atoms with Gasteiger partial charge in [-0.25, -0.2) is 4.98 Å². The zero-order valence-corrected chi connectivity index (χ0v) is 10.2. The van der Waals surface area contributed by atoms with Crippen LogP contribution in [-0.4, -0.2) is 18.2 Å². The lowest BCUT2D eigenvalue weighted by Gasteiger charge is -2.11. The van der Waals surface area contributed by atoms with Crippen LogP contribution in [0.1, 0.15) is 17.4 Å². The Kier molecular flexibility index (Phi) is 2.74. The van der Waals surface area contributed by atoms with Gasteiger partial charge in [0.15, 0.2) is 6.29 Å². The molecular weight excluding hydrogens is 238 g/mol. The molecule has 0 saturated carbocycles. The number of pyridine rings is 1. The van der Waals surface area contributed by atoms with Gasteiger partial charge in [-0.05, 0) is 25.1 Å². The minimum absolute atomic E-state index is 0.375. The Bertz CT molecular complexity index is 565. The summed E-state index contributed by atoms with van der Waals surface area (Å²) in [7, 11) is 0. The van der Waals surface area contributed by atoms with E-state index in [1.807, 2.05) is 18.2 Å². The molecule has 2 heterocycles. The van der Waals surface area contributed by atoms with Crippen molar-refractivity contribution in [2.45, 2.75) is 13.2 Å². The zero-order chi connectivity index (χ0) is 11.8. The monoisotopic (exact) mass is 249 g/mol. The molecule has 0 unspecified atom stereocenters. The Morgan fingerprint density at radius 2 is 2.00 bits per heavy atom. The Hall–Kier alpha value is -1.16. The number of ether oxygens (including phenoxy) is 2. The number of nitrogens with zero attached hydrogens (tertiary/aromatic N) is 1. The van der Waals surface area contributed by atoms with Crippen LogP contribution in [0.25, 0.3) is 10.9 Å². The van der Waals surface area contributed by atoms with E-state index in [-0.39, 0.29) is 6.29 Å². The molecule has 1 fully saturated rings. The highest BCUT2D eigenvalue weighted by Gasteiger charge is 2.22. The molecule has 1 aromatic heterocycles. The van der Waals surface area contributed by atoms with Gasteiger partial charge in [-0.15, -0.1) is 0 Å². The van der Waals surface area contributed by atoms with E-state index in [0.717, 1.165) is 16.5 Å². The molecule has 0 aliphatic carbocycles. The molecule has 17 heavy (non-hydrogen) atoms. The summed E-state index contributed by atoms with van der Waals surface area (Å²) in [5, 5.41) is 1.51. The predicted octanol–water partition coefficient (Wildman–Crippen LogP) is 3.24. The fraction of sp³-hybridized carbons (Fsp3) is 0.308. The second-order valence-electron chi connectivity index (χ2n) is 4.14. The fourth-order valence-electron chi connectivity index (χ4n) is 1.99. The molecule has 1 aliphatic heterocycles. The second kappa shape index (κ2) is 4.26. The number of fused-ring (bicyclic) bond motifs is 1. The van der Waals surface area contributed by atoms with Crippen LogP contribution in [0.5, 0.6) is 0 Å². The van der Waals surface area contributed by atoms with Gasteiger partial charge in [0.25, 0.3) is 0 Å². The molecule has 0 N–H and O–H groups in total. The standard InChI is InChI=1S/C13H12ClNO2/c1-8-2-3-11-9(6-8)7-10(12(14)15-11)13-16-4-5-17-13/h2-3,6-7,13H,4-5H2,1H3. The van der Waals surface area contributed by atoms with Gasteiger partial charge in [0, 0.05) is 10.9 Å². The fourth-order valence-corrected chi connectivity index (χ4v) is 2.23. The average Bonchev–Trinajstić information content (AvgIpc) is 2.82. The molecule has 88 valence electrons. The van der Waals surface area contributed by atoms with Crippen LogP contribution in [0.3, 0.4) is 0 Å². The minimum atomic E-state index is -0.375. The van der Waals surface area contributed by atoms with Crippen LogP contribution in [0.4, 0.5) is 0 Å². The van der Waals surface area contributed by atoms with Crippen molar-refractivity contribution in [2.24, 2.45) is 0 Å². The van der Waals surface area contributed by atoms with Gasteiger partial charge in [-0.1, -0.05) is 23.2 Å². The molecule has 0 amide bonds. The van der Waals surface area contributed by atoms with Gasteiger partial charge in [0.1, 0.15) is 5.15 Å². The molecule has 0 spiro atoms. The van der Waals surface area contributed by atoms with E-state index in [0.29, 0.717) is 18.4 Å². The minimum Gasteiger partial charge on any atom is -0.346 e. The Morgan fingerprint density at radius 3 is 2.76 bits per heavy atom. The summed E-state index contributed by atoms with van der Waals surface area (Å²) in [6, 6.07) is 8.06. The van der Waals surface area contributed by atoms with Gasteiger partial charge >= 0.3 is 0 Å². The van der Waals surface area contributed by atoms with E-state index < -0.39 is 0 Å². The summed E-state index contributed by atoms with van der Waals surface area (Å²) in [6.07, 6.45) is -0.375. The Morgan fingerprint density at radius 1 is 1.24 bits per heavy atom. The maximum absolute atomic E-state index is 6.15. The average molecular weight is 250 g/mol. The predicted molar refractivity (Wildman–Crippen MR) is 66.1 cm³/mol. The van der Waals surface area contributed by atoms with E-state index in [1.54, 1.807) is 0 Å². The third kappa shape index (κ3) is 2.02. The van der Waals surface area contributed by atoms with Crippen molar-refractivity contribution in [2.75, 3.05) is 13.2 Å². The lowest BCUT2D eigenvalue weighted by Crippen LogP contribution is -2.00. The van der Waals surface area contributed by atoms with Crippen LogP contribution in [0.2, 0.25) is 5.15 Å². The first kappa shape index (κ1) is 11.0. The first-order chi connectivity index (χ1) is 8.24. The molecule has 0 radical (unpaired) electrons. The Labute approximate surface area is 104 Å². The van der Waals surface area contributed by atoms with Crippen molar-refractivity contribution in [3.05, 3.63) is 40.5 Å². The number of aromatic nitrogens is 1. The van der Waals surface area contributed by atoms with Crippen molar-refractivity contribution in [1.29, 1.82) is 0 Å². The summed E-state index contributed by atoms with van der Waals surface area (Å²) < 4.78 is 10.9. The highest BCUT2D eigenvalue weighted by atomic mass is 35.5. The molecule has 1 saturated heterocycles. The second-order valence-corrected chi connectivity index (χ2v) is 4.50. The van der Waals surface area contributed by atoms with Gasteiger partial charge in [-0.2, -0.15) is 0 Å². The quantitative estimate of drug-likeness (QED) is 0.727. The van der Waals surface area contributed by atoms with Gasteiger partial charge < -0.3 is 9.47 Å². The molecule has 3 rings (SSSR count). The summed E-state index contributed by atoms with van der Waals surface area (Å²) in [6.45, 7) is 3.26. The molecule has 3 nitrogen and oxygen atoms in total. The molecule has 1 aromatic carbocycles. The van der Waals surface area contributed by atoms with E-state index >= 15 is 0 Å². The maximum Gasteiger partial charge on any atom is 0.187 e. The van der Waals surface area contributed by atoms with Crippen LogP contribution in [0, 0.1) is 6.92 Å². The van der Waals surface area contributed by atoms with Crippen molar-refractivity contribution in [1.82, 2.24) is 4.98 Å². The number of hydrogen-bond acceptors (Lipinski definition) is 3. The highest BCUT2D eigenvalue weighted by Crippen LogP contribution is 2.31. The molecule has 4 heteroatoms. The third-order valence-corrected chi connectivity index (χ3v) is 3.13. The number of aryl methyl sites for hydroxylation is 1. The molecular formula is C13H12ClNO2. The van der Waals surface area contributed by atoms with Crippen molar-refractivity contribution in [3.8, 4) is 0 Å². The van der Waals surface area contributed by atoms with Crippen LogP contribution in [0.15, 0.2) is 24.3 Å². The largest absolute Gasteiger partial charge is 0.346 e. The normalized spacial score (nSPS) is 16.8.